The van der Waals surface area contributed by atoms with Gasteiger partial charge >= 0.3 is 6.18 Å². The highest BCUT2D eigenvalue weighted by Crippen LogP contribution is 2.30. The molecule has 3 fully saturated rings. The second kappa shape index (κ2) is 20.0. The molecule has 1 aromatic heterocycles. The standard InChI is InChI=1S/C39H53F3IN7O5/c40-39(41,42)35-22-45-23-36(47-35)46-32-26-54-34(38(52)37(32)51)25-50-18-16-49(17-19-50)24-28-10-14-48(15-11-28)13-1-2-20-53-29-4-6-30(7-5-29)55-33-8-3-27(9-12-44)21-31(33)43/h3-8,21-23,28,32,34,37-38,51-52H,1-2,9-20,24-26,44H2,(H,46,47)/t32-,34+,37+,38-/m0/s1. The third-order valence-electron chi connectivity index (χ3n) is 10.6. The van der Waals surface area contributed by atoms with E-state index in [0.717, 1.165) is 98.6 Å². The van der Waals surface area contributed by atoms with Crippen molar-refractivity contribution in [1.82, 2.24) is 24.7 Å². The number of anilines is 1. The summed E-state index contributed by atoms with van der Waals surface area (Å²) in [4.78, 5) is 14.5. The Balaban J connectivity index is 0.809. The van der Waals surface area contributed by atoms with Crippen LogP contribution in [0, 0.1) is 9.49 Å². The van der Waals surface area contributed by atoms with E-state index in [1.54, 1.807) is 0 Å². The van der Waals surface area contributed by atoms with Crippen molar-refractivity contribution in [2.24, 2.45) is 11.7 Å². The predicted octanol–water partition coefficient (Wildman–Crippen LogP) is 4.48. The molecule has 3 aliphatic heterocycles. The smallest absolute Gasteiger partial charge is 0.434 e. The van der Waals surface area contributed by atoms with Gasteiger partial charge in [-0.3, -0.25) is 9.88 Å². The molecule has 0 amide bonds. The van der Waals surface area contributed by atoms with Crippen LogP contribution in [0.1, 0.15) is 36.9 Å². The summed E-state index contributed by atoms with van der Waals surface area (Å²) < 4.78 is 58.1. The maximum absolute atomic E-state index is 13.0. The van der Waals surface area contributed by atoms with Crippen molar-refractivity contribution < 1.29 is 37.6 Å². The number of hydrogen-bond acceptors (Lipinski definition) is 12. The first kappa shape index (κ1) is 41.8. The number of piperidine rings is 1. The van der Waals surface area contributed by atoms with Crippen molar-refractivity contribution in [1.29, 1.82) is 0 Å². The van der Waals surface area contributed by atoms with Crippen LogP contribution in [0.15, 0.2) is 54.9 Å². The number of nitrogens with two attached hydrogens (primary N) is 1. The van der Waals surface area contributed by atoms with E-state index in [4.69, 9.17) is 19.9 Å². The molecular weight excluding hydrogens is 830 g/mol. The van der Waals surface area contributed by atoms with E-state index in [1.165, 1.54) is 18.4 Å². The van der Waals surface area contributed by atoms with Gasteiger partial charge in [-0.05, 0) is 129 Å². The number of aliphatic hydroxyl groups is 2. The molecular formula is C39H53F3IN7O5. The van der Waals surface area contributed by atoms with Crippen molar-refractivity contribution in [3.05, 3.63) is 69.7 Å². The molecule has 6 rings (SSSR count). The average molecular weight is 884 g/mol. The normalized spacial score (nSPS) is 23.5. The van der Waals surface area contributed by atoms with Crippen LogP contribution in [-0.2, 0) is 17.3 Å². The number of piperazine rings is 1. The highest BCUT2D eigenvalue weighted by molar-refractivity contribution is 14.1. The number of aromatic nitrogens is 2. The number of rotatable bonds is 16. The molecule has 0 spiro atoms. The van der Waals surface area contributed by atoms with Crippen LogP contribution in [0.4, 0.5) is 19.0 Å². The Kier molecular flexibility index (Phi) is 15.2. The Hall–Kier alpha value is -2.84. The van der Waals surface area contributed by atoms with Gasteiger partial charge in [0.05, 0.1) is 41.3 Å². The van der Waals surface area contributed by atoms with Crippen molar-refractivity contribution in [2.75, 3.05) is 84.0 Å². The lowest BCUT2D eigenvalue weighted by Gasteiger charge is -2.42. The first-order chi connectivity index (χ1) is 26.5. The molecule has 0 aliphatic carbocycles. The van der Waals surface area contributed by atoms with Crippen LogP contribution >= 0.6 is 22.6 Å². The second-order valence-corrected chi connectivity index (χ2v) is 15.9. The molecule has 3 aromatic rings. The molecule has 5 N–H and O–H groups in total. The largest absolute Gasteiger partial charge is 0.494 e. The Morgan fingerprint density at radius 2 is 1.60 bits per heavy atom. The van der Waals surface area contributed by atoms with Crippen LogP contribution in [-0.4, -0.2) is 138 Å². The third-order valence-corrected chi connectivity index (χ3v) is 11.5. The van der Waals surface area contributed by atoms with E-state index in [2.05, 4.69) is 64.7 Å². The van der Waals surface area contributed by atoms with E-state index in [1.807, 2.05) is 30.3 Å². The number of ether oxygens (including phenoxy) is 3. The molecule has 0 bridgehead atoms. The monoisotopic (exact) mass is 883 g/mol. The van der Waals surface area contributed by atoms with Crippen LogP contribution in [0.3, 0.4) is 0 Å². The van der Waals surface area contributed by atoms with E-state index < -0.39 is 36.2 Å². The van der Waals surface area contributed by atoms with Gasteiger partial charge in [-0.1, -0.05) is 6.07 Å². The number of likely N-dealkylation sites (tertiary alicyclic amines) is 1. The number of nitrogens with zero attached hydrogens (tertiary/aromatic N) is 5. The molecule has 0 unspecified atom stereocenters. The molecule has 302 valence electrons. The Morgan fingerprint density at radius 1 is 0.891 bits per heavy atom. The minimum Gasteiger partial charge on any atom is -0.494 e. The lowest BCUT2D eigenvalue weighted by Crippen LogP contribution is -2.59. The van der Waals surface area contributed by atoms with E-state index in [0.29, 0.717) is 31.8 Å². The Morgan fingerprint density at radius 3 is 2.29 bits per heavy atom. The molecule has 3 saturated heterocycles. The molecule has 4 atom stereocenters. The van der Waals surface area contributed by atoms with Gasteiger partial charge in [0.1, 0.15) is 35.3 Å². The Bertz CT molecular complexity index is 1630. The van der Waals surface area contributed by atoms with Gasteiger partial charge in [-0.2, -0.15) is 13.2 Å². The van der Waals surface area contributed by atoms with Gasteiger partial charge in [-0.25, -0.2) is 4.98 Å². The molecule has 55 heavy (non-hydrogen) atoms. The summed E-state index contributed by atoms with van der Waals surface area (Å²) >= 11 is 2.29. The van der Waals surface area contributed by atoms with Crippen LogP contribution < -0.4 is 20.5 Å². The van der Waals surface area contributed by atoms with Gasteiger partial charge < -0.3 is 45.3 Å². The first-order valence-corrected chi connectivity index (χ1v) is 20.3. The fraction of sp³-hybridized carbons (Fsp3) is 0.590. The lowest BCUT2D eigenvalue weighted by atomic mass is 9.95. The predicted molar refractivity (Wildman–Crippen MR) is 211 cm³/mol. The molecule has 4 heterocycles. The summed E-state index contributed by atoms with van der Waals surface area (Å²) in [5.41, 5.74) is 5.74. The van der Waals surface area contributed by atoms with Crippen molar-refractivity contribution in [2.45, 2.75) is 62.6 Å². The fourth-order valence-corrected chi connectivity index (χ4v) is 8.10. The minimum atomic E-state index is -4.64. The van der Waals surface area contributed by atoms with Crippen LogP contribution in [0.2, 0.25) is 0 Å². The highest BCUT2D eigenvalue weighted by Gasteiger charge is 2.40. The first-order valence-electron chi connectivity index (χ1n) is 19.2. The van der Waals surface area contributed by atoms with Crippen molar-refractivity contribution in [3.63, 3.8) is 0 Å². The topological polar surface area (TPSA) is 142 Å². The lowest BCUT2D eigenvalue weighted by molar-refractivity contribution is -0.148. The third kappa shape index (κ3) is 12.3. The van der Waals surface area contributed by atoms with E-state index in [-0.39, 0.29) is 12.4 Å². The number of hydrogen-bond donors (Lipinski definition) is 4. The van der Waals surface area contributed by atoms with Crippen molar-refractivity contribution >= 4 is 28.4 Å². The van der Waals surface area contributed by atoms with Gasteiger partial charge in [-0.15, -0.1) is 0 Å². The zero-order valence-corrected chi connectivity index (χ0v) is 33.2. The summed E-state index contributed by atoms with van der Waals surface area (Å²) in [7, 11) is 0. The van der Waals surface area contributed by atoms with Gasteiger partial charge in [0.25, 0.3) is 0 Å². The summed E-state index contributed by atoms with van der Waals surface area (Å²) in [5.74, 6) is 2.99. The quantitative estimate of drug-likeness (QED) is 0.119. The molecule has 0 saturated carbocycles. The number of unbranched alkanes of at least 4 members (excludes halogenated alkanes) is 1. The average Bonchev–Trinajstić information content (AvgIpc) is 3.17. The number of benzene rings is 2. The number of alkyl halides is 3. The van der Waals surface area contributed by atoms with Gasteiger partial charge in [0, 0.05) is 39.3 Å². The molecule has 3 aliphatic rings. The van der Waals surface area contributed by atoms with Gasteiger partial charge in [0.2, 0.25) is 0 Å². The summed E-state index contributed by atoms with van der Waals surface area (Å²) in [6, 6.07) is 13.1. The number of nitrogens with one attached hydrogen (secondary N) is 1. The molecule has 12 nitrogen and oxygen atoms in total. The van der Waals surface area contributed by atoms with Crippen molar-refractivity contribution in [3.8, 4) is 17.2 Å². The molecule has 16 heteroatoms. The number of aliphatic hydroxyl groups excluding tert-OH is 2. The summed E-state index contributed by atoms with van der Waals surface area (Å²) in [6.45, 7) is 9.77. The summed E-state index contributed by atoms with van der Waals surface area (Å²) in [6.07, 6.45) is -0.529. The maximum atomic E-state index is 13.0. The van der Waals surface area contributed by atoms with E-state index >= 15 is 0 Å². The van der Waals surface area contributed by atoms with Gasteiger partial charge in [0.15, 0.2) is 5.69 Å². The summed E-state index contributed by atoms with van der Waals surface area (Å²) in [5, 5.41) is 24.3. The van der Waals surface area contributed by atoms with Crippen LogP contribution in [0.5, 0.6) is 17.2 Å². The zero-order chi connectivity index (χ0) is 38.8. The number of halogens is 4. The molecule has 0 radical (unpaired) electrons. The zero-order valence-electron chi connectivity index (χ0n) is 31.0. The SMILES string of the molecule is NCCc1ccc(Oc2ccc(OCCCCN3CCC(CN4CCN(C[C@H]5OC[C@H](Nc6cncc(C(F)(F)F)n6)[C@@H](O)[C@H]5O)CC4)CC3)cc2)c(I)c1. The van der Waals surface area contributed by atoms with Crippen LogP contribution in [0.25, 0.3) is 0 Å². The maximum Gasteiger partial charge on any atom is 0.434 e. The fourth-order valence-electron chi connectivity index (χ4n) is 7.41. The minimum absolute atomic E-state index is 0.0189. The highest BCUT2D eigenvalue weighted by atomic mass is 127. The second-order valence-electron chi connectivity index (χ2n) is 14.7. The molecule has 2 aromatic carbocycles. The Labute approximate surface area is 334 Å². The van der Waals surface area contributed by atoms with E-state index in [9.17, 15) is 23.4 Å².